The van der Waals surface area contributed by atoms with Crippen molar-refractivity contribution in [2.24, 2.45) is 0 Å². The van der Waals surface area contributed by atoms with E-state index in [1.165, 1.54) is 16.5 Å². The van der Waals surface area contributed by atoms with Gasteiger partial charge in [0.1, 0.15) is 12.2 Å². The molecule has 3 aromatic rings. The number of nitrogens with one attached hydrogen (secondary N) is 3. The quantitative estimate of drug-likeness (QED) is 0.590. The van der Waals surface area contributed by atoms with Gasteiger partial charge in [-0.05, 0) is 36.0 Å². The normalized spacial score (nSPS) is 11.2. The molecule has 0 spiro atoms. The van der Waals surface area contributed by atoms with E-state index in [1.807, 2.05) is 6.20 Å². The van der Waals surface area contributed by atoms with Crippen LogP contribution in [0, 0.1) is 0 Å². The van der Waals surface area contributed by atoms with Gasteiger partial charge in [0.25, 0.3) is 0 Å². The van der Waals surface area contributed by atoms with Crippen LogP contribution in [0.15, 0.2) is 36.8 Å². The Morgan fingerprint density at radius 1 is 1.21 bits per heavy atom. The minimum absolute atomic E-state index is 0.894. The summed E-state index contributed by atoms with van der Waals surface area (Å²) in [5.41, 5.74) is 2.50. The van der Waals surface area contributed by atoms with Crippen LogP contribution >= 0.6 is 0 Å². The van der Waals surface area contributed by atoms with Crippen LogP contribution in [0.4, 0.5) is 0 Å². The second-order valence-corrected chi connectivity index (χ2v) is 4.61. The van der Waals surface area contributed by atoms with Gasteiger partial charge in [0, 0.05) is 24.7 Å². The molecule has 0 aliphatic rings. The second-order valence-electron chi connectivity index (χ2n) is 4.61. The van der Waals surface area contributed by atoms with Crippen LogP contribution in [-0.2, 0) is 13.0 Å². The number of hydrogen-bond acceptors (Lipinski definition) is 3. The Balaban J connectivity index is 1.44. The van der Waals surface area contributed by atoms with Gasteiger partial charge in [-0.3, -0.25) is 5.10 Å². The number of aromatic nitrogens is 4. The first-order chi connectivity index (χ1) is 9.42. The molecule has 0 saturated heterocycles. The molecule has 5 heteroatoms. The molecule has 0 saturated carbocycles. The lowest BCUT2D eigenvalue weighted by atomic mass is 10.1. The summed E-state index contributed by atoms with van der Waals surface area (Å²) in [7, 11) is 0. The maximum atomic E-state index is 4.10. The van der Waals surface area contributed by atoms with E-state index in [2.05, 4.69) is 49.7 Å². The summed E-state index contributed by atoms with van der Waals surface area (Å²) in [6, 6.07) is 8.60. The van der Waals surface area contributed by atoms with Crippen LogP contribution in [0.25, 0.3) is 10.9 Å². The Morgan fingerprint density at radius 2 is 2.21 bits per heavy atom. The largest absolute Gasteiger partial charge is 0.361 e. The van der Waals surface area contributed by atoms with E-state index in [-0.39, 0.29) is 0 Å². The molecule has 0 unspecified atom stereocenters. The van der Waals surface area contributed by atoms with Crippen LogP contribution in [0.5, 0.6) is 0 Å². The van der Waals surface area contributed by atoms with E-state index < -0.39 is 0 Å². The van der Waals surface area contributed by atoms with Gasteiger partial charge >= 0.3 is 0 Å². The van der Waals surface area contributed by atoms with Crippen molar-refractivity contribution in [3.63, 3.8) is 0 Å². The summed E-state index contributed by atoms with van der Waals surface area (Å²) in [6.45, 7) is 1.87. The maximum absolute atomic E-state index is 4.10. The Kier molecular flexibility index (Phi) is 3.56. The molecule has 3 rings (SSSR count). The molecule has 0 bridgehead atoms. The molecule has 19 heavy (non-hydrogen) atoms. The number of nitrogens with zero attached hydrogens (tertiary/aromatic N) is 2. The highest BCUT2D eigenvalue weighted by atomic mass is 15.2. The van der Waals surface area contributed by atoms with Gasteiger partial charge in [-0.1, -0.05) is 12.1 Å². The third kappa shape index (κ3) is 3.00. The summed E-state index contributed by atoms with van der Waals surface area (Å²) in [5.74, 6) is 0.953. The number of H-pyrrole nitrogens is 2. The highest BCUT2D eigenvalue weighted by Gasteiger charge is 1.98. The molecule has 2 aromatic heterocycles. The maximum Gasteiger partial charge on any atom is 0.137 e. The SMILES string of the molecule is c1n[nH]c(CCCNCc2ccc3cc[nH]c3c2)n1. The molecule has 0 amide bonds. The first kappa shape index (κ1) is 11.9. The number of rotatable bonds is 6. The minimum Gasteiger partial charge on any atom is -0.361 e. The van der Waals surface area contributed by atoms with Crippen molar-refractivity contribution < 1.29 is 0 Å². The topological polar surface area (TPSA) is 69.4 Å². The van der Waals surface area contributed by atoms with Crippen LogP contribution in [0.2, 0.25) is 0 Å². The lowest BCUT2D eigenvalue weighted by Crippen LogP contribution is -2.15. The number of benzene rings is 1. The second kappa shape index (κ2) is 5.67. The fourth-order valence-corrected chi connectivity index (χ4v) is 2.17. The zero-order valence-corrected chi connectivity index (χ0v) is 10.7. The molecule has 1 aromatic carbocycles. The standard InChI is InChI=1S/C14H17N5/c1(2-14-17-10-18-19-14)6-15-9-11-3-4-12-5-7-16-13(12)8-11/h3-5,7-8,10,15-16H,1-2,6,9H2,(H,17,18,19). The molecule has 3 N–H and O–H groups in total. The first-order valence-corrected chi connectivity index (χ1v) is 6.53. The number of aromatic amines is 2. The van der Waals surface area contributed by atoms with Crippen LogP contribution in [0.3, 0.4) is 0 Å². The molecule has 0 aliphatic heterocycles. The lowest BCUT2D eigenvalue weighted by molar-refractivity contribution is 0.640. The Hall–Kier alpha value is -2.14. The molecule has 0 fully saturated rings. The zero-order valence-electron chi connectivity index (χ0n) is 10.7. The number of aryl methyl sites for hydroxylation is 1. The summed E-state index contributed by atoms with van der Waals surface area (Å²) in [4.78, 5) is 7.33. The van der Waals surface area contributed by atoms with Crippen molar-refractivity contribution >= 4 is 10.9 Å². The van der Waals surface area contributed by atoms with E-state index in [1.54, 1.807) is 6.33 Å². The predicted octanol–water partition coefficient (Wildman–Crippen LogP) is 2.01. The highest BCUT2D eigenvalue weighted by Crippen LogP contribution is 2.13. The van der Waals surface area contributed by atoms with Crippen molar-refractivity contribution in [1.29, 1.82) is 0 Å². The van der Waals surface area contributed by atoms with E-state index in [4.69, 9.17) is 0 Å². The van der Waals surface area contributed by atoms with Crippen LogP contribution in [-0.4, -0.2) is 26.7 Å². The summed E-state index contributed by atoms with van der Waals surface area (Å²) < 4.78 is 0. The first-order valence-electron chi connectivity index (χ1n) is 6.53. The average Bonchev–Trinajstić information content (AvgIpc) is 3.08. The number of fused-ring (bicyclic) bond motifs is 1. The molecule has 0 radical (unpaired) electrons. The smallest absolute Gasteiger partial charge is 0.137 e. The molecule has 98 valence electrons. The highest BCUT2D eigenvalue weighted by molar-refractivity contribution is 5.79. The van der Waals surface area contributed by atoms with Crippen LogP contribution < -0.4 is 5.32 Å². The van der Waals surface area contributed by atoms with E-state index >= 15 is 0 Å². The molecule has 0 aliphatic carbocycles. The zero-order chi connectivity index (χ0) is 12.9. The van der Waals surface area contributed by atoms with Crippen molar-refractivity contribution in [1.82, 2.24) is 25.5 Å². The fourth-order valence-electron chi connectivity index (χ4n) is 2.17. The van der Waals surface area contributed by atoms with Gasteiger partial charge in [-0.25, -0.2) is 4.98 Å². The Labute approximate surface area is 111 Å². The molecule has 2 heterocycles. The van der Waals surface area contributed by atoms with Crippen molar-refractivity contribution in [3.05, 3.63) is 48.2 Å². The van der Waals surface area contributed by atoms with Gasteiger partial charge in [0.15, 0.2) is 0 Å². The molecule has 0 atom stereocenters. The molecular formula is C14H17N5. The molecule has 5 nitrogen and oxygen atoms in total. The summed E-state index contributed by atoms with van der Waals surface area (Å²) in [5, 5.41) is 11.4. The van der Waals surface area contributed by atoms with Gasteiger partial charge < -0.3 is 10.3 Å². The van der Waals surface area contributed by atoms with Crippen molar-refractivity contribution in [3.8, 4) is 0 Å². The summed E-state index contributed by atoms with van der Waals surface area (Å²) in [6.07, 6.45) is 5.51. The van der Waals surface area contributed by atoms with Crippen molar-refractivity contribution in [2.75, 3.05) is 6.54 Å². The molecular weight excluding hydrogens is 238 g/mol. The van der Waals surface area contributed by atoms with E-state index in [0.717, 1.165) is 31.8 Å². The number of hydrogen-bond donors (Lipinski definition) is 3. The monoisotopic (exact) mass is 255 g/mol. The predicted molar refractivity (Wildman–Crippen MR) is 74.7 cm³/mol. The third-order valence-corrected chi connectivity index (χ3v) is 3.18. The van der Waals surface area contributed by atoms with Crippen molar-refractivity contribution in [2.45, 2.75) is 19.4 Å². The van der Waals surface area contributed by atoms with Gasteiger partial charge in [-0.15, -0.1) is 0 Å². The van der Waals surface area contributed by atoms with Gasteiger partial charge in [0.05, 0.1) is 0 Å². The fraction of sp³-hybridized carbons (Fsp3) is 0.286. The van der Waals surface area contributed by atoms with E-state index in [0.29, 0.717) is 0 Å². The third-order valence-electron chi connectivity index (χ3n) is 3.18. The lowest BCUT2D eigenvalue weighted by Gasteiger charge is -2.04. The van der Waals surface area contributed by atoms with Crippen LogP contribution in [0.1, 0.15) is 17.8 Å². The average molecular weight is 255 g/mol. The summed E-state index contributed by atoms with van der Waals surface area (Å²) >= 11 is 0. The Morgan fingerprint density at radius 3 is 3.11 bits per heavy atom. The Bertz CT molecular complexity index is 626. The van der Waals surface area contributed by atoms with Gasteiger partial charge in [-0.2, -0.15) is 5.10 Å². The minimum atomic E-state index is 0.894. The van der Waals surface area contributed by atoms with Gasteiger partial charge in [0.2, 0.25) is 0 Å². The van der Waals surface area contributed by atoms with E-state index in [9.17, 15) is 0 Å².